The first kappa shape index (κ1) is 12.7. The smallest absolute Gasteiger partial charge is 0.366 e. The number of aliphatic carboxylic acids is 1. The maximum atomic E-state index is 12.0. The lowest BCUT2D eigenvalue weighted by molar-refractivity contribution is -0.138. The highest BCUT2D eigenvalue weighted by Gasteiger charge is 2.16. The molecule has 0 aliphatic heterocycles. The van der Waals surface area contributed by atoms with E-state index < -0.39 is 18.2 Å². The van der Waals surface area contributed by atoms with Gasteiger partial charge in [0.05, 0.1) is 11.2 Å². The summed E-state index contributed by atoms with van der Waals surface area (Å²) < 4.78 is 2.58. The molecule has 7 nitrogen and oxygen atoms in total. The second kappa shape index (κ2) is 4.52. The van der Waals surface area contributed by atoms with Crippen molar-refractivity contribution >= 4 is 27.4 Å². The van der Waals surface area contributed by atoms with Crippen molar-refractivity contribution in [3.8, 4) is 0 Å². The Morgan fingerprint density at radius 3 is 2.72 bits per heavy atom. The Morgan fingerprint density at radius 2 is 2.17 bits per heavy atom. The van der Waals surface area contributed by atoms with Crippen molar-refractivity contribution in [2.75, 3.05) is 0 Å². The first-order chi connectivity index (χ1) is 8.40. The van der Waals surface area contributed by atoms with Crippen LogP contribution in [0.5, 0.6) is 0 Å². The zero-order valence-electron chi connectivity index (χ0n) is 9.79. The number of hydrogen-bond acceptors (Lipinski definition) is 4. The van der Waals surface area contributed by atoms with Gasteiger partial charge in [0.15, 0.2) is 0 Å². The third-order valence-electron chi connectivity index (χ3n) is 2.40. The van der Waals surface area contributed by atoms with E-state index in [2.05, 4.69) is 26.1 Å². The predicted molar refractivity (Wildman–Crippen MR) is 66.7 cm³/mol. The highest BCUT2D eigenvalue weighted by atomic mass is 79.9. The number of carbonyl (C=O) groups is 1. The van der Waals surface area contributed by atoms with E-state index in [-0.39, 0.29) is 5.92 Å². The van der Waals surface area contributed by atoms with Crippen molar-refractivity contribution in [2.45, 2.75) is 26.3 Å². The van der Waals surface area contributed by atoms with Gasteiger partial charge in [-0.05, 0) is 21.8 Å². The number of halogens is 1. The van der Waals surface area contributed by atoms with E-state index in [1.165, 1.54) is 0 Å². The van der Waals surface area contributed by atoms with Crippen LogP contribution in [0.3, 0.4) is 0 Å². The Bertz CT molecular complexity index is 674. The largest absolute Gasteiger partial charge is 0.480 e. The number of nitrogens with zero attached hydrogens (tertiary/aromatic N) is 4. The van der Waals surface area contributed by atoms with E-state index in [0.29, 0.717) is 15.8 Å². The van der Waals surface area contributed by atoms with Gasteiger partial charge in [0.2, 0.25) is 0 Å². The number of aromatic nitrogens is 4. The topological polar surface area (TPSA) is 89.5 Å². The van der Waals surface area contributed by atoms with E-state index in [1.807, 2.05) is 13.8 Å². The molecule has 18 heavy (non-hydrogen) atoms. The Kier molecular flexibility index (Phi) is 3.20. The normalized spacial score (nSPS) is 11.3. The summed E-state index contributed by atoms with van der Waals surface area (Å²) in [6.45, 7) is 3.35. The molecule has 2 aromatic heterocycles. The summed E-state index contributed by atoms with van der Waals surface area (Å²) in [7, 11) is 0. The fourth-order valence-corrected chi connectivity index (χ4v) is 2.03. The zero-order valence-corrected chi connectivity index (χ0v) is 11.4. The molecule has 0 bridgehead atoms. The molecule has 0 aliphatic rings. The zero-order chi connectivity index (χ0) is 13.4. The van der Waals surface area contributed by atoms with Crippen LogP contribution in [-0.4, -0.2) is 30.5 Å². The summed E-state index contributed by atoms with van der Waals surface area (Å²) in [6, 6.07) is 1.69. The molecule has 0 saturated carbocycles. The molecule has 0 radical (unpaired) electrons. The highest BCUT2D eigenvalue weighted by Crippen LogP contribution is 2.19. The average molecular weight is 315 g/mol. The van der Waals surface area contributed by atoms with Crippen molar-refractivity contribution in [1.29, 1.82) is 0 Å². The van der Waals surface area contributed by atoms with Crippen LogP contribution in [0.15, 0.2) is 15.5 Å². The summed E-state index contributed by atoms with van der Waals surface area (Å²) in [5.41, 5.74) is 0.653. The molecule has 8 heteroatoms. The van der Waals surface area contributed by atoms with E-state index in [0.717, 1.165) is 9.20 Å². The van der Waals surface area contributed by atoms with Gasteiger partial charge in [-0.2, -0.15) is 14.7 Å². The summed E-state index contributed by atoms with van der Waals surface area (Å²) >= 11 is 3.19. The Labute approximate surface area is 110 Å². The van der Waals surface area contributed by atoms with Gasteiger partial charge in [-0.1, -0.05) is 13.8 Å². The lowest BCUT2D eigenvalue weighted by Crippen LogP contribution is -2.33. The lowest BCUT2D eigenvalue weighted by Gasteiger charge is -2.09. The molecule has 0 aromatic carbocycles. The van der Waals surface area contributed by atoms with E-state index in [1.54, 1.807) is 6.07 Å². The first-order valence-corrected chi connectivity index (χ1v) is 6.07. The van der Waals surface area contributed by atoms with Gasteiger partial charge in [-0.25, -0.2) is 9.48 Å². The molecule has 0 unspecified atom stereocenters. The lowest BCUT2D eigenvalue weighted by atomic mass is 10.1. The molecule has 0 amide bonds. The molecule has 2 rings (SSSR count). The molecule has 0 fully saturated rings. The fourth-order valence-electron chi connectivity index (χ4n) is 1.66. The molecule has 2 aromatic rings. The van der Waals surface area contributed by atoms with Gasteiger partial charge < -0.3 is 5.11 Å². The van der Waals surface area contributed by atoms with Gasteiger partial charge >= 0.3 is 11.7 Å². The van der Waals surface area contributed by atoms with Crippen molar-refractivity contribution in [3.05, 3.63) is 26.8 Å². The maximum absolute atomic E-state index is 12.0. The van der Waals surface area contributed by atoms with Crippen molar-refractivity contribution in [2.24, 2.45) is 0 Å². The number of carboxylic acids is 1. The minimum absolute atomic E-state index is 0.0525. The predicted octanol–water partition coefficient (Wildman–Crippen LogP) is 0.862. The molecular weight excluding hydrogens is 304 g/mol. The van der Waals surface area contributed by atoms with Crippen molar-refractivity contribution in [3.63, 3.8) is 0 Å². The summed E-state index contributed by atoms with van der Waals surface area (Å²) in [6.07, 6.45) is 0. The van der Waals surface area contributed by atoms with Crippen LogP contribution in [0.1, 0.15) is 25.5 Å². The van der Waals surface area contributed by atoms with Crippen LogP contribution in [0.25, 0.3) is 5.52 Å². The number of rotatable bonds is 3. The quantitative estimate of drug-likeness (QED) is 0.907. The standard InChI is InChI=1S/C10H11BrN4O3/c1-5(2)9-6-3-7(11)12-15(6)10(18)14(13-9)4-8(16)17/h3,5H,4H2,1-2H3,(H,16,17). The van der Waals surface area contributed by atoms with Crippen molar-refractivity contribution < 1.29 is 9.90 Å². The first-order valence-electron chi connectivity index (χ1n) is 5.28. The molecule has 96 valence electrons. The molecule has 1 N–H and O–H groups in total. The monoisotopic (exact) mass is 314 g/mol. The van der Waals surface area contributed by atoms with Gasteiger partial charge in [0.1, 0.15) is 11.1 Å². The molecule has 0 spiro atoms. The van der Waals surface area contributed by atoms with E-state index >= 15 is 0 Å². The van der Waals surface area contributed by atoms with Crippen LogP contribution < -0.4 is 5.69 Å². The molecule has 0 aliphatic carbocycles. The molecule has 0 saturated heterocycles. The van der Waals surface area contributed by atoms with Crippen molar-refractivity contribution in [1.82, 2.24) is 19.4 Å². The summed E-state index contributed by atoms with van der Waals surface area (Å²) in [5.74, 6) is -1.07. The minimum atomic E-state index is -1.12. The second-order valence-corrected chi connectivity index (χ2v) is 4.95. The Hall–Kier alpha value is -1.70. The molecule has 0 atom stereocenters. The third-order valence-corrected chi connectivity index (χ3v) is 2.79. The summed E-state index contributed by atoms with van der Waals surface area (Å²) in [4.78, 5) is 22.7. The van der Waals surface area contributed by atoms with Crippen LogP contribution in [-0.2, 0) is 11.3 Å². The minimum Gasteiger partial charge on any atom is -0.480 e. The SMILES string of the molecule is CC(C)c1nn(CC(=O)O)c(=O)n2nc(Br)cc12. The van der Waals surface area contributed by atoms with E-state index in [4.69, 9.17) is 5.11 Å². The Morgan fingerprint density at radius 1 is 1.50 bits per heavy atom. The highest BCUT2D eigenvalue weighted by molar-refractivity contribution is 9.10. The summed E-state index contributed by atoms with van der Waals surface area (Å²) in [5, 5.41) is 16.8. The number of fused-ring (bicyclic) bond motifs is 1. The van der Waals surface area contributed by atoms with Crippen LogP contribution in [0, 0.1) is 0 Å². The third kappa shape index (κ3) is 2.15. The van der Waals surface area contributed by atoms with Gasteiger partial charge in [-0.3, -0.25) is 4.79 Å². The maximum Gasteiger partial charge on any atom is 0.366 e. The fraction of sp³-hybridized carbons (Fsp3) is 0.400. The van der Waals surface area contributed by atoms with Crippen LogP contribution in [0.2, 0.25) is 0 Å². The number of hydrogen-bond donors (Lipinski definition) is 1. The average Bonchev–Trinajstić information content (AvgIpc) is 2.63. The number of carboxylic acid groups (broad SMARTS) is 1. The molecule has 2 heterocycles. The Balaban J connectivity index is 2.78. The van der Waals surface area contributed by atoms with Gasteiger partial charge in [0, 0.05) is 6.07 Å². The van der Waals surface area contributed by atoms with Gasteiger partial charge in [0.25, 0.3) is 0 Å². The van der Waals surface area contributed by atoms with E-state index in [9.17, 15) is 9.59 Å². The van der Waals surface area contributed by atoms with Gasteiger partial charge in [-0.15, -0.1) is 0 Å². The van der Waals surface area contributed by atoms with Crippen LogP contribution in [0.4, 0.5) is 0 Å². The second-order valence-electron chi connectivity index (χ2n) is 4.14. The molecular formula is C10H11BrN4O3. The van der Waals surface area contributed by atoms with Crippen LogP contribution >= 0.6 is 15.9 Å².